The first-order valence-electron chi connectivity index (χ1n) is 5.75. The number of rotatable bonds is 0. The van der Waals surface area contributed by atoms with Gasteiger partial charge in [-0.15, -0.1) is 0 Å². The summed E-state index contributed by atoms with van der Waals surface area (Å²) in [5, 5.41) is 0. The fourth-order valence-electron chi connectivity index (χ4n) is 2.31. The normalized spacial score (nSPS) is 16.2. The Kier molecular flexibility index (Phi) is 2.53. The highest BCUT2D eigenvalue weighted by molar-refractivity contribution is 5.81. The third kappa shape index (κ3) is 1.84. The van der Waals surface area contributed by atoms with Crippen molar-refractivity contribution in [1.29, 1.82) is 0 Å². The molecule has 0 bridgehead atoms. The first kappa shape index (κ1) is 11.2. The van der Waals surface area contributed by atoms with Gasteiger partial charge in [-0.25, -0.2) is 0 Å². The molecule has 0 aliphatic carbocycles. The quantitative estimate of drug-likeness (QED) is 0.654. The molecule has 2 nitrogen and oxygen atoms in total. The molecule has 1 aliphatic rings. The van der Waals surface area contributed by atoms with Crippen molar-refractivity contribution >= 4 is 5.91 Å². The van der Waals surface area contributed by atoms with Crippen molar-refractivity contribution < 1.29 is 4.79 Å². The van der Waals surface area contributed by atoms with Crippen LogP contribution >= 0.6 is 0 Å². The number of amides is 1. The van der Waals surface area contributed by atoms with Crippen molar-refractivity contribution in [2.45, 2.75) is 39.2 Å². The summed E-state index contributed by atoms with van der Waals surface area (Å²) in [4.78, 5) is 13.5. The summed E-state index contributed by atoms with van der Waals surface area (Å²) in [6.07, 6.45) is 0.551. The van der Waals surface area contributed by atoms with Crippen LogP contribution in [0.1, 0.15) is 37.5 Å². The van der Waals surface area contributed by atoms with Gasteiger partial charge in [0.2, 0.25) is 5.91 Å². The summed E-state index contributed by atoms with van der Waals surface area (Å²) in [7, 11) is 1.88. The van der Waals surface area contributed by atoms with Crippen molar-refractivity contribution in [3.05, 3.63) is 34.9 Å². The number of carbonyl (C=O) groups excluding carboxylic acids is 1. The molecule has 0 spiro atoms. The maximum atomic E-state index is 11.6. The molecule has 1 heterocycles. The Morgan fingerprint density at radius 3 is 2.56 bits per heavy atom. The number of likely N-dealkylation sites (N-methyl/N-ethyl adjacent to an activating group) is 1. The molecule has 1 aliphatic heterocycles. The van der Waals surface area contributed by atoms with Gasteiger partial charge in [-0.05, 0) is 22.1 Å². The van der Waals surface area contributed by atoms with Gasteiger partial charge in [0, 0.05) is 13.6 Å². The maximum absolute atomic E-state index is 11.6. The van der Waals surface area contributed by atoms with E-state index in [-0.39, 0.29) is 11.3 Å². The van der Waals surface area contributed by atoms with Gasteiger partial charge in [0.25, 0.3) is 0 Å². The van der Waals surface area contributed by atoms with E-state index >= 15 is 0 Å². The van der Waals surface area contributed by atoms with Crippen LogP contribution in [0, 0.1) is 0 Å². The SMILES string of the molecule is CN1Cc2c(cccc2C(C)(C)C)CC1=O. The average molecular weight is 217 g/mol. The van der Waals surface area contributed by atoms with Gasteiger partial charge in [0.15, 0.2) is 0 Å². The Morgan fingerprint density at radius 2 is 1.94 bits per heavy atom. The van der Waals surface area contributed by atoms with Crippen LogP contribution in [-0.2, 0) is 23.2 Å². The number of fused-ring (bicyclic) bond motifs is 1. The molecule has 16 heavy (non-hydrogen) atoms. The predicted molar refractivity (Wildman–Crippen MR) is 65.3 cm³/mol. The van der Waals surface area contributed by atoms with Gasteiger partial charge in [0.05, 0.1) is 6.42 Å². The topological polar surface area (TPSA) is 20.3 Å². The van der Waals surface area contributed by atoms with Gasteiger partial charge in [-0.2, -0.15) is 0 Å². The molecule has 0 fully saturated rings. The van der Waals surface area contributed by atoms with Crippen molar-refractivity contribution in [1.82, 2.24) is 4.90 Å². The lowest BCUT2D eigenvalue weighted by atomic mass is 9.80. The van der Waals surface area contributed by atoms with E-state index in [2.05, 4.69) is 39.0 Å². The molecule has 0 saturated heterocycles. The van der Waals surface area contributed by atoms with E-state index < -0.39 is 0 Å². The molecular formula is C14H19NO. The summed E-state index contributed by atoms with van der Waals surface area (Å²) >= 11 is 0. The molecule has 1 amide bonds. The van der Waals surface area contributed by atoms with Gasteiger partial charge >= 0.3 is 0 Å². The van der Waals surface area contributed by atoms with Gasteiger partial charge < -0.3 is 4.90 Å². The first-order chi connectivity index (χ1) is 7.39. The number of hydrogen-bond donors (Lipinski definition) is 0. The summed E-state index contributed by atoms with van der Waals surface area (Å²) in [6, 6.07) is 6.33. The summed E-state index contributed by atoms with van der Waals surface area (Å²) < 4.78 is 0. The highest BCUT2D eigenvalue weighted by atomic mass is 16.2. The molecule has 0 atom stereocenters. The van der Waals surface area contributed by atoms with Crippen molar-refractivity contribution in [2.75, 3.05) is 7.05 Å². The number of hydrogen-bond acceptors (Lipinski definition) is 1. The van der Waals surface area contributed by atoms with Crippen molar-refractivity contribution in [2.24, 2.45) is 0 Å². The number of nitrogens with zero attached hydrogens (tertiary/aromatic N) is 1. The third-order valence-electron chi connectivity index (χ3n) is 3.24. The van der Waals surface area contributed by atoms with Crippen LogP contribution < -0.4 is 0 Å². The second-order valence-corrected chi connectivity index (χ2v) is 5.62. The minimum absolute atomic E-state index is 0.145. The van der Waals surface area contributed by atoms with Crippen LogP contribution in [0.5, 0.6) is 0 Å². The predicted octanol–water partition coefficient (Wildman–Crippen LogP) is 2.50. The van der Waals surface area contributed by atoms with E-state index in [0.29, 0.717) is 6.42 Å². The Morgan fingerprint density at radius 1 is 1.25 bits per heavy atom. The van der Waals surface area contributed by atoms with Gasteiger partial charge in [0.1, 0.15) is 0 Å². The third-order valence-corrected chi connectivity index (χ3v) is 3.24. The summed E-state index contributed by atoms with van der Waals surface area (Å²) in [5.74, 6) is 0.221. The standard InChI is InChI=1S/C14H19NO/c1-14(2,3)12-7-5-6-10-8-13(16)15(4)9-11(10)12/h5-7H,8-9H2,1-4H3. The maximum Gasteiger partial charge on any atom is 0.227 e. The van der Waals surface area contributed by atoms with E-state index in [1.165, 1.54) is 16.7 Å². The van der Waals surface area contributed by atoms with Crippen LogP contribution in [0.15, 0.2) is 18.2 Å². The summed E-state index contributed by atoms with van der Waals surface area (Å²) in [5.41, 5.74) is 4.06. The molecule has 2 heteroatoms. The van der Waals surface area contributed by atoms with Gasteiger partial charge in [-0.1, -0.05) is 39.0 Å². The first-order valence-corrected chi connectivity index (χ1v) is 5.75. The largest absolute Gasteiger partial charge is 0.341 e. The van der Waals surface area contributed by atoms with Crippen LogP contribution in [0.2, 0.25) is 0 Å². The molecule has 0 saturated carbocycles. The lowest BCUT2D eigenvalue weighted by Gasteiger charge is -2.31. The highest BCUT2D eigenvalue weighted by Crippen LogP contribution is 2.31. The van der Waals surface area contributed by atoms with Crippen LogP contribution in [0.25, 0.3) is 0 Å². The molecule has 2 rings (SSSR count). The van der Waals surface area contributed by atoms with E-state index in [1.54, 1.807) is 0 Å². The Bertz CT molecular complexity index is 429. The molecule has 0 radical (unpaired) electrons. The second kappa shape index (κ2) is 3.62. The zero-order valence-corrected chi connectivity index (χ0v) is 10.5. The molecule has 0 aromatic heterocycles. The lowest BCUT2D eigenvalue weighted by molar-refractivity contribution is -0.130. The Labute approximate surface area is 97.3 Å². The van der Waals surface area contributed by atoms with E-state index in [9.17, 15) is 4.79 Å². The van der Waals surface area contributed by atoms with Crippen molar-refractivity contribution in [3.8, 4) is 0 Å². The number of carbonyl (C=O) groups is 1. The average Bonchev–Trinajstić information content (AvgIpc) is 2.17. The minimum Gasteiger partial charge on any atom is -0.341 e. The number of benzene rings is 1. The zero-order chi connectivity index (χ0) is 11.9. The monoisotopic (exact) mass is 217 g/mol. The summed E-state index contributed by atoms with van der Waals surface area (Å²) in [6.45, 7) is 7.42. The van der Waals surface area contributed by atoms with E-state index in [4.69, 9.17) is 0 Å². The molecule has 0 unspecified atom stereocenters. The van der Waals surface area contributed by atoms with Crippen LogP contribution in [0.3, 0.4) is 0 Å². The molecular weight excluding hydrogens is 198 g/mol. The van der Waals surface area contributed by atoms with Crippen LogP contribution in [-0.4, -0.2) is 17.9 Å². The molecule has 86 valence electrons. The molecule has 0 N–H and O–H groups in total. The van der Waals surface area contributed by atoms with E-state index in [1.807, 2.05) is 11.9 Å². The van der Waals surface area contributed by atoms with E-state index in [0.717, 1.165) is 6.54 Å². The fraction of sp³-hybridized carbons (Fsp3) is 0.500. The molecule has 1 aromatic carbocycles. The second-order valence-electron chi connectivity index (χ2n) is 5.62. The smallest absolute Gasteiger partial charge is 0.227 e. The highest BCUT2D eigenvalue weighted by Gasteiger charge is 2.26. The minimum atomic E-state index is 0.145. The fourth-order valence-corrected chi connectivity index (χ4v) is 2.31. The van der Waals surface area contributed by atoms with Crippen molar-refractivity contribution in [3.63, 3.8) is 0 Å². The lowest BCUT2D eigenvalue weighted by Crippen LogP contribution is -2.34. The molecule has 1 aromatic rings. The van der Waals surface area contributed by atoms with Crippen LogP contribution in [0.4, 0.5) is 0 Å². The Balaban J connectivity index is 2.53. The zero-order valence-electron chi connectivity index (χ0n) is 10.5. The van der Waals surface area contributed by atoms with Gasteiger partial charge in [-0.3, -0.25) is 4.79 Å². The Hall–Kier alpha value is -1.31.